The van der Waals surface area contributed by atoms with E-state index < -0.39 is 36.1 Å². The number of hydrogen-bond donors (Lipinski definition) is 0. The van der Waals surface area contributed by atoms with Crippen LogP contribution in [0.5, 0.6) is 0 Å². The molecule has 0 unspecified atom stereocenters. The van der Waals surface area contributed by atoms with Gasteiger partial charge in [0.05, 0.1) is 11.1 Å². The van der Waals surface area contributed by atoms with Gasteiger partial charge in [-0.05, 0) is 6.07 Å². The van der Waals surface area contributed by atoms with E-state index >= 15 is 0 Å². The van der Waals surface area contributed by atoms with Crippen molar-refractivity contribution in [2.75, 3.05) is 0 Å². The van der Waals surface area contributed by atoms with Crippen molar-refractivity contribution in [3.63, 3.8) is 0 Å². The zero-order valence-electron chi connectivity index (χ0n) is 9.89. The van der Waals surface area contributed by atoms with Gasteiger partial charge in [0, 0.05) is 0 Å². The summed E-state index contributed by atoms with van der Waals surface area (Å²) in [6.07, 6.45) is -10.1. The van der Waals surface area contributed by atoms with Crippen molar-refractivity contribution in [3.05, 3.63) is 29.3 Å². The molecule has 0 bridgehead atoms. The van der Waals surface area contributed by atoms with E-state index in [2.05, 4.69) is 0 Å². The summed E-state index contributed by atoms with van der Waals surface area (Å²) in [6.45, 7) is 0. The zero-order valence-corrected chi connectivity index (χ0v) is 16.1. The first-order valence-electron chi connectivity index (χ1n) is 4.13. The van der Waals surface area contributed by atoms with Crippen molar-refractivity contribution >= 4 is 12.6 Å². The van der Waals surface area contributed by atoms with Crippen LogP contribution in [0.3, 0.4) is 0 Å². The minimum absolute atomic E-state index is 0. The molecule has 2 nitrogen and oxygen atoms in total. The Morgan fingerprint density at radius 3 is 1.26 bits per heavy atom. The van der Waals surface area contributed by atoms with Gasteiger partial charge in [-0.3, -0.25) is 0 Å². The third-order valence-corrected chi connectivity index (χ3v) is 1.88. The van der Waals surface area contributed by atoms with E-state index in [-0.39, 0.29) is 121 Å². The van der Waals surface area contributed by atoms with Crippen LogP contribution in [0, 0.1) is 0 Å². The fourth-order valence-electron chi connectivity index (χ4n) is 1.12. The van der Waals surface area contributed by atoms with Crippen LogP contribution in [0.25, 0.3) is 0 Å². The fourth-order valence-corrected chi connectivity index (χ4v) is 1.12. The molecule has 0 spiro atoms. The Morgan fingerprint density at radius 1 is 0.737 bits per heavy atom. The van der Waals surface area contributed by atoms with Gasteiger partial charge in [0.2, 0.25) is 0 Å². The van der Waals surface area contributed by atoms with Crippen LogP contribution in [0.2, 0.25) is 0 Å². The molecule has 0 aliphatic rings. The molecule has 1 rings (SSSR count). The summed E-state index contributed by atoms with van der Waals surface area (Å²) in [5.41, 5.74) is -4.43. The number of benzene rings is 1. The standard InChI is InChI=1S/C8H3BF6O2.2K/c10-7(11,12)4-1-5(8(13,14)15)3-6(2-4)9(16)17;;/h1-3H;;/q-2;2*+1. The molecule has 0 aliphatic heterocycles. The Balaban J connectivity index is 0. The number of halogens is 6. The molecule has 0 aromatic heterocycles. The average molecular weight is 334 g/mol. The minimum atomic E-state index is -5.05. The maximum absolute atomic E-state index is 12.2. The van der Waals surface area contributed by atoms with Crippen molar-refractivity contribution in [2.24, 2.45) is 0 Å². The molecular weight excluding hydrogens is 331 g/mol. The molecule has 1 aromatic carbocycles. The summed E-state index contributed by atoms with van der Waals surface area (Å²) < 4.78 is 73.4. The van der Waals surface area contributed by atoms with E-state index in [0.717, 1.165) is 0 Å². The molecule has 0 N–H and O–H groups in total. The molecule has 1 aromatic rings. The van der Waals surface area contributed by atoms with Crippen LogP contribution in [-0.2, 0) is 12.4 Å². The monoisotopic (exact) mass is 334 g/mol. The van der Waals surface area contributed by atoms with E-state index in [1.165, 1.54) is 0 Å². The number of rotatable bonds is 1. The van der Waals surface area contributed by atoms with Gasteiger partial charge < -0.3 is 10.0 Å². The first-order valence-corrected chi connectivity index (χ1v) is 4.13. The van der Waals surface area contributed by atoms with Gasteiger partial charge >= 0.3 is 115 Å². The third kappa shape index (κ3) is 7.24. The van der Waals surface area contributed by atoms with E-state index in [1.807, 2.05) is 0 Å². The molecular formula is C8H3BF6K2O2. The fraction of sp³-hybridized carbons (Fsp3) is 0.250. The van der Waals surface area contributed by atoms with Gasteiger partial charge in [0.25, 0.3) is 0 Å². The van der Waals surface area contributed by atoms with Crippen LogP contribution in [0.15, 0.2) is 18.2 Å². The minimum Gasteiger partial charge on any atom is -0.889 e. The molecule has 0 aliphatic carbocycles. The maximum Gasteiger partial charge on any atom is 1.00 e. The van der Waals surface area contributed by atoms with Crippen LogP contribution < -0.4 is 118 Å². The van der Waals surface area contributed by atoms with Crippen molar-refractivity contribution in [2.45, 2.75) is 12.4 Å². The van der Waals surface area contributed by atoms with Crippen molar-refractivity contribution in [1.82, 2.24) is 0 Å². The summed E-state index contributed by atoms with van der Waals surface area (Å²) in [5.74, 6) is 0. The maximum atomic E-state index is 12.2. The topological polar surface area (TPSA) is 46.1 Å². The van der Waals surface area contributed by atoms with Gasteiger partial charge in [0.1, 0.15) is 0 Å². The molecule has 0 saturated heterocycles. The van der Waals surface area contributed by atoms with Crippen molar-refractivity contribution in [1.29, 1.82) is 0 Å². The summed E-state index contributed by atoms with van der Waals surface area (Å²) in [7, 11) is -2.90. The van der Waals surface area contributed by atoms with Crippen LogP contribution in [0.1, 0.15) is 11.1 Å². The Bertz CT molecular complexity index is 388. The van der Waals surface area contributed by atoms with Gasteiger partial charge in [0.15, 0.2) is 0 Å². The molecule has 0 amide bonds. The summed E-state index contributed by atoms with van der Waals surface area (Å²) in [6, 6.07) is 0.103. The van der Waals surface area contributed by atoms with Crippen LogP contribution in [0.4, 0.5) is 26.3 Å². The van der Waals surface area contributed by atoms with E-state index in [9.17, 15) is 36.4 Å². The predicted octanol–water partition coefficient (Wildman–Crippen LogP) is -5.85. The third-order valence-electron chi connectivity index (χ3n) is 1.88. The van der Waals surface area contributed by atoms with Gasteiger partial charge in [-0.25, -0.2) is 0 Å². The number of hydrogen-bond acceptors (Lipinski definition) is 2. The second kappa shape index (κ2) is 8.63. The smallest absolute Gasteiger partial charge is 0.889 e. The second-order valence-electron chi connectivity index (χ2n) is 3.17. The summed E-state index contributed by atoms with van der Waals surface area (Å²) in [4.78, 5) is 0. The average Bonchev–Trinajstić information content (AvgIpc) is 2.14. The molecule has 19 heavy (non-hydrogen) atoms. The molecule has 94 valence electrons. The first kappa shape index (κ1) is 23.3. The molecule has 0 radical (unpaired) electrons. The van der Waals surface area contributed by atoms with Gasteiger partial charge in [-0.1, -0.05) is 19.3 Å². The summed E-state index contributed by atoms with van der Waals surface area (Å²) >= 11 is 0. The van der Waals surface area contributed by atoms with Gasteiger partial charge in [-0.15, -0.1) is 5.46 Å². The number of alkyl halides is 6. The Hall–Kier alpha value is 2.06. The largest absolute Gasteiger partial charge is 1.00 e. The normalized spacial score (nSPS) is 11.4. The zero-order chi connectivity index (χ0) is 13.4. The molecule has 11 heteroatoms. The quantitative estimate of drug-likeness (QED) is 0.380. The molecule has 0 fully saturated rings. The van der Waals surface area contributed by atoms with Crippen molar-refractivity contribution in [3.8, 4) is 0 Å². The van der Waals surface area contributed by atoms with E-state index in [4.69, 9.17) is 0 Å². The molecule has 0 heterocycles. The summed E-state index contributed by atoms with van der Waals surface area (Å²) in [5, 5.41) is 20.8. The Labute approximate surface area is 189 Å². The van der Waals surface area contributed by atoms with E-state index in [1.54, 1.807) is 0 Å². The first-order chi connectivity index (χ1) is 7.51. The molecule has 0 saturated carbocycles. The van der Waals surface area contributed by atoms with Crippen LogP contribution >= 0.6 is 0 Å². The van der Waals surface area contributed by atoms with Crippen molar-refractivity contribution < 1.29 is 139 Å². The van der Waals surface area contributed by atoms with E-state index in [0.29, 0.717) is 0 Å². The molecule has 0 atom stereocenters. The Morgan fingerprint density at radius 2 is 1.05 bits per heavy atom. The predicted molar refractivity (Wildman–Crippen MR) is 41.8 cm³/mol. The second-order valence-corrected chi connectivity index (χ2v) is 3.17. The Kier molecular flexibility index (Phi) is 10.6. The SMILES string of the molecule is [K+].[K+].[O-]B([O-])c1cc(C(F)(F)F)cc(C(F)(F)F)c1. The van der Waals surface area contributed by atoms with Gasteiger partial charge in [-0.2, -0.15) is 26.3 Å². The van der Waals surface area contributed by atoms with Crippen LogP contribution in [-0.4, -0.2) is 7.12 Å².